The number of anilines is 1. The van der Waals surface area contributed by atoms with Gasteiger partial charge in [-0.15, -0.1) is 0 Å². The van der Waals surface area contributed by atoms with Gasteiger partial charge in [0.25, 0.3) is 5.91 Å². The summed E-state index contributed by atoms with van der Waals surface area (Å²) in [7, 11) is 0. The molecule has 4 rings (SSSR count). The van der Waals surface area contributed by atoms with Crippen molar-refractivity contribution in [3.05, 3.63) is 70.8 Å². The van der Waals surface area contributed by atoms with E-state index in [-0.39, 0.29) is 17.4 Å². The van der Waals surface area contributed by atoms with Crippen LogP contribution < -0.4 is 11.5 Å². The van der Waals surface area contributed by atoms with Crippen molar-refractivity contribution in [1.82, 2.24) is 14.7 Å². The van der Waals surface area contributed by atoms with E-state index < -0.39 is 5.91 Å². The van der Waals surface area contributed by atoms with Gasteiger partial charge in [0.2, 0.25) is 0 Å². The summed E-state index contributed by atoms with van der Waals surface area (Å²) < 4.78 is 1.67. The van der Waals surface area contributed by atoms with Crippen molar-refractivity contribution < 1.29 is 4.79 Å². The van der Waals surface area contributed by atoms with Crippen LogP contribution in [0.5, 0.6) is 0 Å². The first kappa shape index (κ1) is 20.5. The maximum absolute atomic E-state index is 12.2. The summed E-state index contributed by atoms with van der Waals surface area (Å²) >= 11 is 0. The second-order valence-electron chi connectivity index (χ2n) is 8.12. The average Bonchev–Trinajstić information content (AvgIpc) is 3.12. The van der Waals surface area contributed by atoms with Crippen LogP contribution in [0.2, 0.25) is 0 Å². The molecule has 2 heterocycles. The Morgan fingerprint density at radius 1 is 1.23 bits per heavy atom. The number of likely N-dealkylation sites (tertiary alicyclic amines) is 1. The molecule has 0 bridgehead atoms. The SMILES string of the molecule is Cc1cccc(Cc2ccc(-c3nn([C@H]4CCCN(C#N)C4)c(N)c3C(N)=O)cc2)c1. The molecule has 0 radical (unpaired) electrons. The number of primary amides is 1. The lowest BCUT2D eigenvalue weighted by Gasteiger charge is -2.29. The molecule has 0 saturated carbocycles. The number of nitrogen functional groups attached to an aromatic ring is 1. The number of nitrogens with two attached hydrogens (primary N) is 2. The van der Waals surface area contributed by atoms with E-state index in [0.717, 1.165) is 31.4 Å². The van der Waals surface area contributed by atoms with Gasteiger partial charge in [-0.2, -0.15) is 10.4 Å². The van der Waals surface area contributed by atoms with E-state index in [2.05, 4.69) is 42.5 Å². The van der Waals surface area contributed by atoms with E-state index in [0.29, 0.717) is 12.2 Å². The van der Waals surface area contributed by atoms with Crippen LogP contribution in [0, 0.1) is 18.4 Å². The Morgan fingerprint density at radius 2 is 2.00 bits per heavy atom. The van der Waals surface area contributed by atoms with Gasteiger partial charge in [-0.25, -0.2) is 4.68 Å². The van der Waals surface area contributed by atoms with Crippen LogP contribution in [0.4, 0.5) is 5.82 Å². The molecule has 158 valence electrons. The van der Waals surface area contributed by atoms with Crippen molar-refractivity contribution >= 4 is 11.7 Å². The first-order valence-corrected chi connectivity index (χ1v) is 10.4. The summed E-state index contributed by atoms with van der Waals surface area (Å²) in [6, 6.07) is 16.3. The van der Waals surface area contributed by atoms with Gasteiger partial charge in [0, 0.05) is 12.1 Å². The second kappa shape index (κ2) is 8.52. The van der Waals surface area contributed by atoms with Crippen molar-refractivity contribution in [1.29, 1.82) is 5.26 Å². The number of carbonyl (C=O) groups excluding carboxylic acids is 1. The topological polar surface area (TPSA) is 114 Å². The van der Waals surface area contributed by atoms with E-state index >= 15 is 0 Å². The molecule has 0 aliphatic carbocycles. The van der Waals surface area contributed by atoms with Gasteiger partial charge in [-0.3, -0.25) is 4.79 Å². The quantitative estimate of drug-likeness (QED) is 0.622. The van der Waals surface area contributed by atoms with Gasteiger partial charge in [0.05, 0.1) is 12.6 Å². The lowest BCUT2D eigenvalue weighted by atomic mass is 10.0. The summed E-state index contributed by atoms with van der Waals surface area (Å²) in [5.74, 6) is -0.341. The van der Waals surface area contributed by atoms with E-state index in [4.69, 9.17) is 11.5 Å². The number of amides is 1. The van der Waals surface area contributed by atoms with Crippen LogP contribution in [0.3, 0.4) is 0 Å². The molecule has 7 heteroatoms. The summed E-state index contributed by atoms with van der Waals surface area (Å²) in [5.41, 5.74) is 17.1. The highest BCUT2D eigenvalue weighted by Gasteiger charge is 2.28. The number of hydrogen-bond acceptors (Lipinski definition) is 5. The Balaban J connectivity index is 1.64. The molecule has 3 aromatic rings. The fourth-order valence-corrected chi connectivity index (χ4v) is 4.25. The monoisotopic (exact) mass is 414 g/mol. The lowest BCUT2D eigenvalue weighted by molar-refractivity contribution is 0.100. The molecule has 31 heavy (non-hydrogen) atoms. The van der Waals surface area contributed by atoms with Gasteiger partial charge >= 0.3 is 0 Å². The number of aryl methyl sites for hydroxylation is 1. The minimum atomic E-state index is -0.601. The zero-order chi connectivity index (χ0) is 22.0. The molecule has 0 unspecified atom stereocenters. The molecule has 1 amide bonds. The molecule has 1 aliphatic heterocycles. The Labute approximate surface area is 181 Å². The fourth-order valence-electron chi connectivity index (χ4n) is 4.25. The number of aromatic nitrogens is 2. The second-order valence-corrected chi connectivity index (χ2v) is 8.12. The summed E-state index contributed by atoms with van der Waals surface area (Å²) in [4.78, 5) is 13.9. The molecule has 1 aliphatic rings. The number of piperidine rings is 1. The summed E-state index contributed by atoms with van der Waals surface area (Å²) in [6.07, 6.45) is 4.73. The molecule has 1 fully saturated rings. The molecule has 2 aromatic carbocycles. The van der Waals surface area contributed by atoms with E-state index in [9.17, 15) is 10.1 Å². The summed E-state index contributed by atoms with van der Waals surface area (Å²) in [5, 5.41) is 13.9. The number of benzene rings is 2. The van der Waals surface area contributed by atoms with Gasteiger partial charge in [-0.05, 0) is 37.3 Å². The largest absolute Gasteiger partial charge is 0.383 e. The van der Waals surface area contributed by atoms with Gasteiger partial charge in [-0.1, -0.05) is 54.1 Å². The Hall–Kier alpha value is -3.79. The normalized spacial score (nSPS) is 16.1. The minimum absolute atomic E-state index is 0.0687. The third-order valence-corrected chi connectivity index (χ3v) is 5.80. The highest BCUT2D eigenvalue weighted by Crippen LogP contribution is 2.32. The number of rotatable bonds is 5. The van der Waals surface area contributed by atoms with Crippen LogP contribution >= 0.6 is 0 Å². The number of nitriles is 1. The molecule has 7 nitrogen and oxygen atoms in total. The van der Waals surface area contributed by atoms with Crippen molar-refractivity contribution in [2.75, 3.05) is 18.8 Å². The highest BCUT2D eigenvalue weighted by molar-refractivity contribution is 6.03. The zero-order valence-electron chi connectivity index (χ0n) is 17.6. The predicted molar refractivity (Wildman–Crippen MR) is 120 cm³/mol. The highest BCUT2D eigenvalue weighted by atomic mass is 16.1. The number of carbonyl (C=O) groups is 1. The van der Waals surface area contributed by atoms with Gasteiger partial charge in [0.1, 0.15) is 17.1 Å². The van der Waals surface area contributed by atoms with Crippen LogP contribution in [0.25, 0.3) is 11.3 Å². The Bertz CT molecular complexity index is 1140. The number of nitrogens with zero attached hydrogens (tertiary/aromatic N) is 4. The van der Waals surface area contributed by atoms with Crippen molar-refractivity contribution in [3.63, 3.8) is 0 Å². The molecule has 1 aromatic heterocycles. The zero-order valence-corrected chi connectivity index (χ0v) is 17.6. The van der Waals surface area contributed by atoms with Crippen molar-refractivity contribution in [3.8, 4) is 17.5 Å². The smallest absolute Gasteiger partial charge is 0.254 e. The van der Waals surface area contributed by atoms with Crippen LogP contribution in [0.1, 0.15) is 45.9 Å². The number of hydrogen-bond donors (Lipinski definition) is 2. The Morgan fingerprint density at radius 3 is 2.68 bits per heavy atom. The lowest BCUT2D eigenvalue weighted by Crippen LogP contribution is -2.34. The van der Waals surface area contributed by atoms with Crippen LogP contribution in [-0.4, -0.2) is 33.7 Å². The molecule has 4 N–H and O–H groups in total. The first-order valence-electron chi connectivity index (χ1n) is 10.4. The molecule has 0 spiro atoms. The molecule has 1 saturated heterocycles. The predicted octanol–water partition coefficient (Wildman–Crippen LogP) is 3.25. The Kier molecular flexibility index (Phi) is 5.63. The standard InChI is InChI=1S/C24H26N6O/c1-16-4-2-5-18(12-16)13-17-7-9-19(10-8-17)22-21(24(27)31)23(26)30(28-22)20-6-3-11-29(14-20)15-25/h2,4-5,7-10,12,20H,3,6,11,13-14,26H2,1H3,(H2,27,31)/t20-/m0/s1. The van der Waals surface area contributed by atoms with E-state index in [1.165, 1.54) is 16.7 Å². The average molecular weight is 415 g/mol. The van der Waals surface area contributed by atoms with E-state index in [1.54, 1.807) is 9.58 Å². The summed E-state index contributed by atoms with van der Waals surface area (Å²) in [6.45, 7) is 3.34. The maximum Gasteiger partial charge on any atom is 0.254 e. The van der Waals surface area contributed by atoms with Gasteiger partial charge in [0.15, 0.2) is 6.19 Å². The van der Waals surface area contributed by atoms with E-state index in [1.807, 2.05) is 24.3 Å². The van der Waals surface area contributed by atoms with Crippen molar-refractivity contribution in [2.24, 2.45) is 5.73 Å². The third-order valence-electron chi connectivity index (χ3n) is 5.80. The third kappa shape index (κ3) is 4.24. The van der Waals surface area contributed by atoms with Crippen LogP contribution in [0.15, 0.2) is 48.5 Å². The maximum atomic E-state index is 12.2. The van der Waals surface area contributed by atoms with Gasteiger partial charge < -0.3 is 16.4 Å². The fraction of sp³-hybridized carbons (Fsp3) is 0.292. The van der Waals surface area contributed by atoms with Crippen LogP contribution in [-0.2, 0) is 6.42 Å². The molecular formula is C24H26N6O. The minimum Gasteiger partial charge on any atom is -0.383 e. The molecular weight excluding hydrogens is 388 g/mol. The van der Waals surface area contributed by atoms with Crippen molar-refractivity contribution in [2.45, 2.75) is 32.2 Å². The first-order chi connectivity index (χ1) is 15.0. The molecule has 1 atom stereocenters.